The minimum absolute atomic E-state index is 0.182. The van der Waals surface area contributed by atoms with Gasteiger partial charge < -0.3 is 4.57 Å². The Morgan fingerprint density at radius 2 is 1.76 bits per heavy atom. The summed E-state index contributed by atoms with van der Waals surface area (Å²) >= 11 is 3.57. The molecule has 1 heterocycles. The zero-order chi connectivity index (χ0) is 21.5. The van der Waals surface area contributed by atoms with Crippen molar-refractivity contribution in [2.45, 2.75) is 19.3 Å². The van der Waals surface area contributed by atoms with Gasteiger partial charge in [-0.25, -0.2) is 0 Å². The van der Waals surface area contributed by atoms with Gasteiger partial charge in [0.05, 0.1) is 18.1 Å². The van der Waals surface area contributed by atoms with Gasteiger partial charge >= 0.3 is 0 Å². The van der Waals surface area contributed by atoms with E-state index in [1.165, 1.54) is 0 Å². The molecule has 0 fully saturated rings. The van der Waals surface area contributed by atoms with Crippen LogP contribution in [0.1, 0.15) is 31.8 Å². The molecule has 0 saturated heterocycles. The summed E-state index contributed by atoms with van der Waals surface area (Å²) in [5.74, 6) is 0. The van der Waals surface area contributed by atoms with Gasteiger partial charge in [-0.05, 0) is 41.4 Å². The second-order valence-electron chi connectivity index (χ2n) is 6.86. The number of hydrogen-bond donors (Lipinski definition) is 0. The fourth-order valence-corrected chi connectivity index (χ4v) is 4.47. The van der Waals surface area contributed by atoms with Gasteiger partial charge in [0, 0.05) is 26.5 Å². The van der Waals surface area contributed by atoms with Gasteiger partial charge in [-0.15, -0.1) is 0 Å². The molecule has 0 saturated carbocycles. The molecule has 0 radical (unpaired) electrons. The Morgan fingerprint density at radius 1 is 1.00 bits per heavy atom. The highest BCUT2D eigenvalue weighted by molar-refractivity contribution is 9.10. The molecule has 5 rings (SSSR count). The SMILES string of the molecule is [2H]c1c([2H])c([2H])c(-n2c3c(c4cc(Br)ccc42)C(C)(C)c2ccccc2-3)c([2H])c1[2H]. The zero-order valence-electron chi connectivity index (χ0n) is 18.9. The van der Waals surface area contributed by atoms with Crippen molar-refractivity contribution in [3.05, 3.63) is 88.3 Å². The maximum absolute atomic E-state index is 8.57. The van der Waals surface area contributed by atoms with Gasteiger partial charge in [-0.1, -0.05) is 72.2 Å². The number of hydrogen-bond acceptors (Lipinski definition) is 0. The van der Waals surface area contributed by atoms with E-state index in [1.54, 1.807) is 0 Å². The summed E-state index contributed by atoms with van der Waals surface area (Å²) in [6.45, 7) is 4.34. The van der Waals surface area contributed by atoms with E-state index in [1.807, 2.05) is 41.0 Å². The van der Waals surface area contributed by atoms with E-state index >= 15 is 0 Å². The van der Waals surface area contributed by atoms with E-state index in [9.17, 15) is 0 Å². The fraction of sp³-hybridized carbons (Fsp3) is 0.130. The van der Waals surface area contributed by atoms with Crippen molar-refractivity contribution in [3.8, 4) is 16.9 Å². The maximum atomic E-state index is 8.57. The quantitative estimate of drug-likeness (QED) is 0.339. The third-order valence-corrected chi connectivity index (χ3v) is 5.61. The lowest BCUT2D eigenvalue weighted by Crippen LogP contribution is -2.14. The molecule has 122 valence electrons. The Hall–Kier alpha value is -2.32. The normalized spacial score (nSPS) is 17.3. The van der Waals surface area contributed by atoms with Gasteiger partial charge in [-0.2, -0.15) is 0 Å². The highest BCUT2D eigenvalue weighted by Gasteiger charge is 2.40. The molecule has 1 nitrogen and oxygen atoms in total. The van der Waals surface area contributed by atoms with E-state index in [0.29, 0.717) is 0 Å². The van der Waals surface area contributed by atoms with Crippen LogP contribution in [0, 0.1) is 0 Å². The topological polar surface area (TPSA) is 4.93 Å². The van der Waals surface area contributed by atoms with Crippen LogP contribution in [0.25, 0.3) is 27.8 Å². The summed E-state index contributed by atoms with van der Waals surface area (Å²) in [5.41, 5.74) is 4.90. The Morgan fingerprint density at radius 3 is 2.56 bits per heavy atom. The number of nitrogens with zero attached hydrogens (tertiary/aromatic N) is 1. The predicted molar refractivity (Wildman–Crippen MR) is 109 cm³/mol. The Labute approximate surface area is 163 Å². The fourth-order valence-electron chi connectivity index (χ4n) is 4.11. The van der Waals surface area contributed by atoms with Crippen molar-refractivity contribution in [1.29, 1.82) is 0 Å². The van der Waals surface area contributed by atoms with E-state index in [0.717, 1.165) is 37.8 Å². The number of para-hydroxylation sites is 1. The second kappa shape index (κ2) is 5.09. The molecule has 1 aliphatic carbocycles. The average Bonchev–Trinajstić information content (AvgIpc) is 3.17. The van der Waals surface area contributed by atoms with Crippen molar-refractivity contribution in [2.24, 2.45) is 0 Å². The van der Waals surface area contributed by atoms with Crippen LogP contribution in [0.15, 0.2) is 77.1 Å². The summed E-state index contributed by atoms with van der Waals surface area (Å²) in [7, 11) is 0. The van der Waals surface area contributed by atoms with E-state index in [2.05, 4.69) is 35.8 Å². The molecule has 1 aliphatic rings. The molecule has 2 heteroatoms. The molecule has 1 aromatic heterocycles. The van der Waals surface area contributed by atoms with Gasteiger partial charge in [-0.3, -0.25) is 0 Å². The lowest BCUT2D eigenvalue weighted by Gasteiger charge is -2.21. The zero-order valence-corrected chi connectivity index (χ0v) is 15.5. The van der Waals surface area contributed by atoms with Gasteiger partial charge in [0.1, 0.15) is 0 Å². The highest BCUT2D eigenvalue weighted by atomic mass is 79.9. The lowest BCUT2D eigenvalue weighted by atomic mass is 9.81. The van der Waals surface area contributed by atoms with Crippen molar-refractivity contribution >= 4 is 26.8 Å². The van der Waals surface area contributed by atoms with Crippen LogP contribution in [0.2, 0.25) is 0 Å². The van der Waals surface area contributed by atoms with Crippen molar-refractivity contribution in [3.63, 3.8) is 0 Å². The largest absolute Gasteiger partial charge is 0.309 e. The number of halogens is 1. The third-order valence-electron chi connectivity index (χ3n) is 5.12. The standard InChI is InChI=1S/C23H18BrN/c1-23(2)19-11-7-6-10-17(19)22-21(23)18-14-15(24)12-13-20(18)25(22)16-8-4-3-5-9-16/h3-14H,1-2H3/i3D,4D,5D,8D,9D. The van der Waals surface area contributed by atoms with Crippen LogP contribution in [-0.4, -0.2) is 4.57 Å². The van der Waals surface area contributed by atoms with E-state index in [4.69, 9.17) is 6.85 Å². The van der Waals surface area contributed by atoms with Gasteiger partial charge in [0.2, 0.25) is 0 Å². The van der Waals surface area contributed by atoms with Crippen LogP contribution >= 0.6 is 15.9 Å². The minimum Gasteiger partial charge on any atom is -0.309 e. The second-order valence-corrected chi connectivity index (χ2v) is 7.78. The van der Waals surface area contributed by atoms with Crippen LogP contribution < -0.4 is 0 Å². The molecular weight excluding hydrogens is 370 g/mol. The van der Waals surface area contributed by atoms with Crippen LogP contribution in [0.5, 0.6) is 0 Å². The van der Waals surface area contributed by atoms with Crippen molar-refractivity contribution in [2.75, 3.05) is 0 Å². The number of fused-ring (bicyclic) bond motifs is 5. The van der Waals surface area contributed by atoms with Crippen LogP contribution in [0.4, 0.5) is 0 Å². The third kappa shape index (κ3) is 1.95. The summed E-state index contributed by atoms with van der Waals surface area (Å²) in [6.07, 6.45) is 0. The van der Waals surface area contributed by atoms with Gasteiger partial charge in [0.25, 0.3) is 0 Å². The number of rotatable bonds is 1. The molecule has 3 aromatic carbocycles. The van der Waals surface area contributed by atoms with Crippen LogP contribution in [0.3, 0.4) is 0 Å². The first-order valence-corrected chi connectivity index (χ1v) is 8.97. The summed E-state index contributed by atoms with van der Waals surface area (Å²) in [4.78, 5) is 0. The number of aromatic nitrogens is 1. The molecule has 0 bridgehead atoms. The Bertz CT molecular complexity index is 1360. The van der Waals surface area contributed by atoms with Gasteiger partial charge in [0.15, 0.2) is 0 Å². The molecular formula is C23H18BrN. The molecule has 0 aliphatic heterocycles. The molecule has 0 atom stereocenters. The molecule has 0 unspecified atom stereocenters. The first kappa shape index (κ1) is 10.6. The molecule has 4 aromatic rings. The Kier molecular flexibility index (Phi) is 2.16. The predicted octanol–water partition coefficient (Wildman–Crippen LogP) is 6.70. The van der Waals surface area contributed by atoms with Crippen molar-refractivity contribution in [1.82, 2.24) is 4.57 Å². The maximum Gasteiger partial charge on any atom is 0.0645 e. The van der Waals surface area contributed by atoms with Crippen molar-refractivity contribution < 1.29 is 6.85 Å². The summed E-state index contributed by atoms with van der Waals surface area (Å²) < 4.78 is 44.2. The van der Waals surface area contributed by atoms with Crippen LogP contribution in [-0.2, 0) is 5.41 Å². The molecule has 0 N–H and O–H groups in total. The first-order chi connectivity index (χ1) is 14.2. The lowest BCUT2D eigenvalue weighted by molar-refractivity contribution is 0.666. The summed E-state index contributed by atoms with van der Waals surface area (Å²) in [6, 6.07) is 12.6. The number of benzene rings is 3. The van der Waals surface area contributed by atoms with E-state index < -0.39 is 0 Å². The Balaban J connectivity index is 2.05. The first-order valence-electron chi connectivity index (χ1n) is 10.7. The highest BCUT2D eigenvalue weighted by Crippen LogP contribution is 2.53. The monoisotopic (exact) mass is 392 g/mol. The average molecular weight is 393 g/mol. The van der Waals surface area contributed by atoms with E-state index in [-0.39, 0.29) is 41.3 Å². The molecule has 0 amide bonds. The molecule has 25 heavy (non-hydrogen) atoms. The molecule has 0 spiro atoms. The smallest absolute Gasteiger partial charge is 0.0645 e. The minimum atomic E-state index is -0.384. The summed E-state index contributed by atoms with van der Waals surface area (Å²) in [5, 5.41) is 1.01.